The van der Waals surface area contributed by atoms with Crippen molar-refractivity contribution in [2.24, 2.45) is 5.41 Å². The number of hydrogen-bond acceptors (Lipinski definition) is 2. The SMILES string of the molecule is CCC(CC)(CNCCOC)Cc1cc(Cl)ccc1Cl. The van der Waals surface area contributed by atoms with Crippen molar-refractivity contribution in [1.82, 2.24) is 5.32 Å². The molecule has 0 aliphatic carbocycles. The van der Waals surface area contributed by atoms with E-state index in [1.807, 2.05) is 18.2 Å². The zero-order valence-corrected chi connectivity index (χ0v) is 14.2. The lowest BCUT2D eigenvalue weighted by Gasteiger charge is -2.32. The van der Waals surface area contributed by atoms with Crippen molar-refractivity contribution in [3.63, 3.8) is 0 Å². The molecule has 0 radical (unpaired) electrons. The monoisotopic (exact) mass is 317 g/mol. The van der Waals surface area contributed by atoms with Gasteiger partial charge >= 0.3 is 0 Å². The third-order valence-electron chi connectivity index (χ3n) is 4.06. The molecule has 4 heteroatoms. The Hall–Kier alpha value is -0.280. The van der Waals surface area contributed by atoms with Crippen molar-refractivity contribution < 1.29 is 4.74 Å². The molecule has 0 atom stereocenters. The fourth-order valence-electron chi connectivity index (χ4n) is 2.42. The summed E-state index contributed by atoms with van der Waals surface area (Å²) in [6.07, 6.45) is 3.15. The van der Waals surface area contributed by atoms with Crippen LogP contribution < -0.4 is 5.32 Å². The van der Waals surface area contributed by atoms with Gasteiger partial charge in [0.1, 0.15) is 0 Å². The van der Waals surface area contributed by atoms with Crippen molar-refractivity contribution in [3.05, 3.63) is 33.8 Å². The van der Waals surface area contributed by atoms with Crippen molar-refractivity contribution in [3.8, 4) is 0 Å². The molecule has 0 saturated carbocycles. The number of nitrogens with one attached hydrogen (secondary N) is 1. The van der Waals surface area contributed by atoms with Crippen LogP contribution in [-0.2, 0) is 11.2 Å². The zero-order valence-electron chi connectivity index (χ0n) is 12.6. The van der Waals surface area contributed by atoms with Crippen LogP contribution >= 0.6 is 23.2 Å². The van der Waals surface area contributed by atoms with Crippen molar-refractivity contribution in [1.29, 1.82) is 0 Å². The Balaban J connectivity index is 2.76. The number of methoxy groups -OCH3 is 1. The number of rotatable bonds is 9. The minimum atomic E-state index is 0.210. The maximum atomic E-state index is 6.30. The van der Waals surface area contributed by atoms with Crippen LogP contribution in [0.2, 0.25) is 10.0 Å². The normalized spacial score (nSPS) is 11.8. The maximum Gasteiger partial charge on any atom is 0.0587 e. The van der Waals surface area contributed by atoms with E-state index >= 15 is 0 Å². The van der Waals surface area contributed by atoms with Crippen molar-refractivity contribution >= 4 is 23.2 Å². The van der Waals surface area contributed by atoms with E-state index in [2.05, 4.69) is 19.2 Å². The molecule has 0 saturated heterocycles. The molecule has 0 spiro atoms. The molecule has 1 aromatic carbocycles. The Kier molecular flexibility index (Phi) is 7.90. The van der Waals surface area contributed by atoms with Crippen molar-refractivity contribution in [2.75, 3.05) is 26.8 Å². The average molecular weight is 318 g/mol. The lowest BCUT2D eigenvalue weighted by Crippen LogP contribution is -2.36. The second-order valence-corrected chi connectivity index (χ2v) is 6.13. The minimum Gasteiger partial charge on any atom is -0.383 e. The Morgan fingerprint density at radius 2 is 1.90 bits per heavy atom. The second-order valence-electron chi connectivity index (χ2n) is 5.29. The van der Waals surface area contributed by atoms with Crippen LogP contribution in [0.4, 0.5) is 0 Å². The lowest BCUT2D eigenvalue weighted by atomic mass is 9.77. The molecular weight excluding hydrogens is 293 g/mol. The highest BCUT2D eigenvalue weighted by Crippen LogP contribution is 2.33. The third-order valence-corrected chi connectivity index (χ3v) is 4.66. The Morgan fingerprint density at radius 1 is 1.20 bits per heavy atom. The lowest BCUT2D eigenvalue weighted by molar-refractivity contribution is 0.185. The first-order chi connectivity index (χ1) is 9.56. The predicted octanol–water partition coefficient (Wildman–Crippen LogP) is 4.58. The van der Waals surface area contributed by atoms with Gasteiger partial charge in [0.15, 0.2) is 0 Å². The van der Waals surface area contributed by atoms with E-state index in [0.717, 1.165) is 54.6 Å². The first-order valence-corrected chi connectivity index (χ1v) is 7.96. The number of hydrogen-bond donors (Lipinski definition) is 1. The largest absolute Gasteiger partial charge is 0.383 e. The molecule has 0 bridgehead atoms. The summed E-state index contributed by atoms with van der Waals surface area (Å²) in [5.41, 5.74) is 1.35. The predicted molar refractivity (Wildman–Crippen MR) is 87.9 cm³/mol. The number of ether oxygens (including phenoxy) is 1. The standard InChI is InChI=1S/C16H25Cl2NO/c1-4-16(5-2,12-19-8-9-20-3)11-13-10-14(17)6-7-15(13)18/h6-7,10,19H,4-5,8-9,11-12H2,1-3H3. The molecule has 0 amide bonds. The van der Waals surface area contributed by atoms with Gasteiger partial charge in [0.05, 0.1) is 6.61 Å². The van der Waals surface area contributed by atoms with Crippen LogP contribution in [0.5, 0.6) is 0 Å². The van der Waals surface area contributed by atoms with Gasteiger partial charge in [-0.15, -0.1) is 0 Å². The van der Waals surface area contributed by atoms with E-state index in [9.17, 15) is 0 Å². The van der Waals surface area contributed by atoms with Crippen LogP contribution in [0, 0.1) is 5.41 Å². The molecular formula is C16H25Cl2NO. The highest BCUT2D eigenvalue weighted by atomic mass is 35.5. The fourth-order valence-corrected chi connectivity index (χ4v) is 2.80. The molecule has 1 N–H and O–H groups in total. The molecule has 20 heavy (non-hydrogen) atoms. The van der Waals surface area contributed by atoms with Gasteiger partial charge in [-0.05, 0) is 48.4 Å². The first-order valence-electron chi connectivity index (χ1n) is 7.20. The van der Waals surface area contributed by atoms with Gasteiger partial charge in [-0.2, -0.15) is 0 Å². The molecule has 1 aromatic rings. The maximum absolute atomic E-state index is 6.30. The van der Waals surface area contributed by atoms with Gasteiger partial charge in [-0.25, -0.2) is 0 Å². The molecule has 0 fully saturated rings. The smallest absolute Gasteiger partial charge is 0.0587 e. The van der Waals surface area contributed by atoms with Gasteiger partial charge < -0.3 is 10.1 Å². The van der Waals surface area contributed by atoms with E-state index in [0.29, 0.717) is 0 Å². The third kappa shape index (κ3) is 5.25. The van der Waals surface area contributed by atoms with Crippen LogP contribution in [0.15, 0.2) is 18.2 Å². The van der Waals surface area contributed by atoms with Crippen LogP contribution in [0.25, 0.3) is 0 Å². The summed E-state index contributed by atoms with van der Waals surface area (Å²) in [7, 11) is 1.72. The van der Waals surface area contributed by atoms with Gasteiger partial charge in [0.25, 0.3) is 0 Å². The average Bonchev–Trinajstić information content (AvgIpc) is 2.46. The molecule has 0 aliphatic heterocycles. The number of benzene rings is 1. The summed E-state index contributed by atoms with van der Waals surface area (Å²) >= 11 is 12.4. The molecule has 0 unspecified atom stereocenters. The first kappa shape index (κ1) is 17.8. The summed E-state index contributed by atoms with van der Waals surface area (Å²) in [6, 6.07) is 5.70. The van der Waals surface area contributed by atoms with Gasteiger partial charge in [0, 0.05) is 30.2 Å². The summed E-state index contributed by atoms with van der Waals surface area (Å²) < 4.78 is 5.08. The highest BCUT2D eigenvalue weighted by molar-refractivity contribution is 6.33. The van der Waals surface area contributed by atoms with E-state index in [4.69, 9.17) is 27.9 Å². The van der Waals surface area contributed by atoms with E-state index in [-0.39, 0.29) is 5.41 Å². The van der Waals surface area contributed by atoms with Crippen molar-refractivity contribution in [2.45, 2.75) is 33.1 Å². The van der Waals surface area contributed by atoms with Gasteiger partial charge in [-0.3, -0.25) is 0 Å². The second kappa shape index (κ2) is 8.89. The van der Waals surface area contributed by atoms with Crippen LogP contribution in [0.1, 0.15) is 32.3 Å². The van der Waals surface area contributed by atoms with Crippen LogP contribution in [-0.4, -0.2) is 26.8 Å². The molecule has 1 rings (SSSR count). The van der Waals surface area contributed by atoms with E-state index < -0.39 is 0 Å². The fraction of sp³-hybridized carbons (Fsp3) is 0.625. The Bertz CT molecular complexity index is 405. The molecule has 2 nitrogen and oxygen atoms in total. The topological polar surface area (TPSA) is 21.3 Å². The van der Waals surface area contributed by atoms with Crippen LogP contribution in [0.3, 0.4) is 0 Å². The molecule has 0 heterocycles. The van der Waals surface area contributed by atoms with E-state index in [1.165, 1.54) is 0 Å². The number of halogens is 2. The Morgan fingerprint density at radius 3 is 2.50 bits per heavy atom. The van der Waals surface area contributed by atoms with Gasteiger partial charge in [0.2, 0.25) is 0 Å². The van der Waals surface area contributed by atoms with E-state index in [1.54, 1.807) is 7.11 Å². The summed E-state index contributed by atoms with van der Waals surface area (Å²) in [6.45, 7) is 7.05. The Labute approximate surface area is 132 Å². The molecule has 0 aliphatic rings. The summed E-state index contributed by atoms with van der Waals surface area (Å²) in [5, 5.41) is 5.03. The molecule has 0 aromatic heterocycles. The highest BCUT2D eigenvalue weighted by Gasteiger charge is 2.27. The van der Waals surface area contributed by atoms with Gasteiger partial charge in [-0.1, -0.05) is 37.0 Å². The summed E-state index contributed by atoms with van der Waals surface area (Å²) in [4.78, 5) is 0. The summed E-state index contributed by atoms with van der Waals surface area (Å²) in [5.74, 6) is 0. The minimum absolute atomic E-state index is 0.210. The zero-order chi connectivity index (χ0) is 15.0. The quantitative estimate of drug-likeness (QED) is 0.673. The molecule has 114 valence electrons.